The fourth-order valence-electron chi connectivity index (χ4n) is 1.75. The van der Waals surface area contributed by atoms with Crippen LogP contribution in [0.2, 0.25) is 0 Å². The Balaban J connectivity index is 2.59. The highest BCUT2D eigenvalue weighted by Gasteiger charge is 2.32. The molecule has 0 aromatic heterocycles. The first-order valence-corrected chi connectivity index (χ1v) is 4.37. The highest BCUT2D eigenvalue weighted by Crippen LogP contribution is 2.32. The van der Waals surface area contributed by atoms with Crippen LogP contribution in [-0.4, -0.2) is 19.5 Å². The number of ether oxygens (including phenoxy) is 1. The predicted molar refractivity (Wildman–Crippen MR) is 48.0 cm³/mol. The molecule has 0 spiro atoms. The van der Waals surface area contributed by atoms with Crippen molar-refractivity contribution in [1.29, 1.82) is 0 Å². The van der Waals surface area contributed by atoms with E-state index in [-0.39, 0.29) is 5.41 Å². The Morgan fingerprint density at radius 1 is 1.75 bits per heavy atom. The molecule has 1 heterocycles. The number of allylic oxidation sites excluding steroid dienone is 1. The van der Waals surface area contributed by atoms with Gasteiger partial charge in [0, 0.05) is 6.61 Å². The summed E-state index contributed by atoms with van der Waals surface area (Å²) < 4.78 is 5.30. The van der Waals surface area contributed by atoms with Crippen molar-refractivity contribution in [2.24, 2.45) is 5.41 Å². The molecule has 1 atom stereocenters. The molecule has 1 saturated heterocycles. The lowest BCUT2D eigenvalue weighted by Gasteiger charge is -2.31. The molecule has 0 aromatic carbocycles. The van der Waals surface area contributed by atoms with Crippen molar-refractivity contribution in [3.63, 3.8) is 0 Å². The van der Waals surface area contributed by atoms with Crippen LogP contribution in [0.4, 0.5) is 0 Å². The minimum absolute atomic E-state index is 0.260. The van der Waals surface area contributed by atoms with Gasteiger partial charge in [-0.3, -0.25) is 0 Å². The van der Waals surface area contributed by atoms with Crippen LogP contribution in [-0.2, 0) is 9.53 Å². The quantitative estimate of drug-likeness (QED) is 0.475. The first-order chi connectivity index (χ1) is 5.68. The Morgan fingerprint density at radius 3 is 2.92 bits per heavy atom. The lowest BCUT2D eigenvalue weighted by atomic mass is 9.79. The molecule has 2 heteroatoms. The molecular formula is C10H16O2. The molecule has 1 rings (SSSR count). The molecule has 68 valence electrons. The zero-order valence-electron chi connectivity index (χ0n) is 7.64. The van der Waals surface area contributed by atoms with Gasteiger partial charge in [0.25, 0.3) is 0 Å². The van der Waals surface area contributed by atoms with Crippen LogP contribution >= 0.6 is 0 Å². The maximum atomic E-state index is 10.9. The summed E-state index contributed by atoms with van der Waals surface area (Å²) in [6, 6.07) is 0. The lowest BCUT2D eigenvalue weighted by molar-refractivity contribution is -0.123. The summed E-state index contributed by atoms with van der Waals surface area (Å²) in [5.74, 6) is 0. The topological polar surface area (TPSA) is 26.3 Å². The van der Waals surface area contributed by atoms with E-state index < -0.39 is 0 Å². The number of hydrogen-bond acceptors (Lipinski definition) is 2. The molecule has 12 heavy (non-hydrogen) atoms. The van der Waals surface area contributed by atoms with Gasteiger partial charge in [-0.1, -0.05) is 5.57 Å². The summed E-state index contributed by atoms with van der Waals surface area (Å²) in [5, 5.41) is 0. The third-order valence-electron chi connectivity index (χ3n) is 2.26. The molecular weight excluding hydrogens is 152 g/mol. The van der Waals surface area contributed by atoms with E-state index in [0.29, 0.717) is 6.61 Å². The molecule has 1 aliphatic heterocycles. The summed E-state index contributed by atoms with van der Waals surface area (Å²) in [6.07, 6.45) is 3.76. The van der Waals surface area contributed by atoms with Gasteiger partial charge >= 0.3 is 0 Å². The van der Waals surface area contributed by atoms with E-state index in [1.807, 2.05) is 6.92 Å². The average molecular weight is 168 g/mol. The summed E-state index contributed by atoms with van der Waals surface area (Å²) in [7, 11) is 0. The molecule has 1 fully saturated rings. The van der Waals surface area contributed by atoms with Crippen molar-refractivity contribution >= 4 is 6.29 Å². The zero-order valence-corrected chi connectivity index (χ0v) is 7.64. The van der Waals surface area contributed by atoms with E-state index in [2.05, 4.69) is 6.58 Å². The second-order valence-electron chi connectivity index (χ2n) is 3.77. The van der Waals surface area contributed by atoms with Crippen molar-refractivity contribution in [1.82, 2.24) is 0 Å². The molecule has 0 radical (unpaired) electrons. The van der Waals surface area contributed by atoms with Gasteiger partial charge in [-0.15, -0.1) is 6.58 Å². The van der Waals surface area contributed by atoms with Gasteiger partial charge in [0.15, 0.2) is 0 Å². The first kappa shape index (κ1) is 9.46. The van der Waals surface area contributed by atoms with E-state index in [0.717, 1.165) is 37.7 Å². The fourth-order valence-corrected chi connectivity index (χ4v) is 1.75. The van der Waals surface area contributed by atoms with Crippen LogP contribution in [0.15, 0.2) is 12.2 Å². The highest BCUT2D eigenvalue weighted by atomic mass is 16.5. The number of carbonyl (C=O) groups excluding carboxylic acids is 1. The summed E-state index contributed by atoms with van der Waals surface area (Å²) in [6.45, 7) is 7.16. The Hall–Kier alpha value is -0.630. The summed E-state index contributed by atoms with van der Waals surface area (Å²) in [4.78, 5) is 10.9. The standard InChI is InChI=1S/C10H16O2/c1-9(2)6-10(7-11)4-3-5-12-8-10/h7H,1,3-6,8H2,2H3. The molecule has 0 N–H and O–H groups in total. The Bertz CT molecular complexity index is 178. The number of carbonyl (C=O) groups is 1. The van der Waals surface area contributed by atoms with Crippen molar-refractivity contribution in [2.75, 3.05) is 13.2 Å². The van der Waals surface area contributed by atoms with Crippen LogP contribution < -0.4 is 0 Å². The Labute approximate surface area is 73.6 Å². The van der Waals surface area contributed by atoms with Crippen molar-refractivity contribution in [3.05, 3.63) is 12.2 Å². The number of hydrogen-bond donors (Lipinski definition) is 0. The van der Waals surface area contributed by atoms with Crippen molar-refractivity contribution in [2.45, 2.75) is 26.2 Å². The van der Waals surface area contributed by atoms with Gasteiger partial charge in [0.1, 0.15) is 6.29 Å². The van der Waals surface area contributed by atoms with Gasteiger partial charge < -0.3 is 9.53 Å². The van der Waals surface area contributed by atoms with Crippen LogP contribution in [0.3, 0.4) is 0 Å². The smallest absolute Gasteiger partial charge is 0.128 e. The number of rotatable bonds is 3. The lowest BCUT2D eigenvalue weighted by Crippen LogP contribution is -2.33. The van der Waals surface area contributed by atoms with E-state index in [4.69, 9.17) is 4.74 Å². The molecule has 2 nitrogen and oxygen atoms in total. The van der Waals surface area contributed by atoms with E-state index >= 15 is 0 Å². The van der Waals surface area contributed by atoms with Gasteiger partial charge in [0.05, 0.1) is 12.0 Å². The predicted octanol–water partition coefficient (Wildman–Crippen LogP) is 1.95. The molecule has 0 aliphatic carbocycles. The molecule has 1 unspecified atom stereocenters. The molecule has 1 aliphatic rings. The normalized spacial score (nSPS) is 29.8. The van der Waals surface area contributed by atoms with Gasteiger partial charge in [-0.05, 0) is 26.2 Å². The second-order valence-corrected chi connectivity index (χ2v) is 3.77. The van der Waals surface area contributed by atoms with Gasteiger partial charge in [-0.2, -0.15) is 0 Å². The zero-order chi connectivity index (χ0) is 9.03. The van der Waals surface area contributed by atoms with Crippen LogP contribution in [0.1, 0.15) is 26.2 Å². The van der Waals surface area contributed by atoms with Gasteiger partial charge in [-0.25, -0.2) is 0 Å². The van der Waals surface area contributed by atoms with Gasteiger partial charge in [0.2, 0.25) is 0 Å². The molecule has 0 amide bonds. The Morgan fingerprint density at radius 2 is 2.50 bits per heavy atom. The third-order valence-corrected chi connectivity index (χ3v) is 2.26. The van der Waals surface area contributed by atoms with Crippen LogP contribution in [0.5, 0.6) is 0 Å². The summed E-state index contributed by atoms with van der Waals surface area (Å²) >= 11 is 0. The number of aldehydes is 1. The minimum atomic E-state index is -0.260. The van der Waals surface area contributed by atoms with Crippen LogP contribution in [0, 0.1) is 5.41 Å². The van der Waals surface area contributed by atoms with Crippen molar-refractivity contribution < 1.29 is 9.53 Å². The summed E-state index contributed by atoms with van der Waals surface area (Å²) in [5.41, 5.74) is 0.803. The minimum Gasteiger partial charge on any atom is -0.380 e. The van der Waals surface area contributed by atoms with E-state index in [9.17, 15) is 4.79 Å². The van der Waals surface area contributed by atoms with Crippen LogP contribution in [0.25, 0.3) is 0 Å². The van der Waals surface area contributed by atoms with E-state index in [1.54, 1.807) is 0 Å². The SMILES string of the molecule is C=C(C)CC1(C=O)CCCOC1. The molecule has 0 aromatic rings. The highest BCUT2D eigenvalue weighted by molar-refractivity contribution is 5.60. The average Bonchev–Trinajstić information content (AvgIpc) is 2.05. The fraction of sp³-hybridized carbons (Fsp3) is 0.700. The van der Waals surface area contributed by atoms with E-state index in [1.165, 1.54) is 0 Å². The third kappa shape index (κ3) is 2.18. The van der Waals surface area contributed by atoms with Crippen molar-refractivity contribution in [3.8, 4) is 0 Å². The monoisotopic (exact) mass is 168 g/mol. The Kier molecular flexibility index (Phi) is 3.04. The maximum absolute atomic E-state index is 10.9. The largest absolute Gasteiger partial charge is 0.380 e. The molecule has 0 bridgehead atoms. The maximum Gasteiger partial charge on any atom is 0.128 e. The molecule has 0 saturated carbocycles. The second kappa shape index (κ2) is 3.85. The first-order valence-electron chi connectivity index (χ1n) is 4.37.